The summed E-state index contributed by atoms with van der Waals surface area (Å²) in [4.78, 5) is 21.1. The predicted molar refractivity (Wildman–Crippen MR) is 118 cm³/mol. The summed E-state index contributed by atoms with van der Waals surface area (Å²) in [6, 6.07) is 7.85. The second-order valence-electron chi connectivity index (χ2n) is 7.89. The number of benzene rings is 1. The molecule has 1 aromatic carbocycles. The summed E-state index contributed by atoms with van der Waals surface area (Å²) in [6.45, 7) is 6.59. The lowest BCUT2D eigenvalue weighted by Gasteiger charge is -2.11. The maximum absolute atomic E-state index is 13.1. The van der Waals surface area contributed by atoms with Gasteiger partial charge in [-0.3, -0.25) is 9.48 Å². The molecule has 0 aliphatic heterocycles. The van der Waals surface area contributed by atoms with Gasteiger partial charge in [-0.05, 0) is 49.1 Å². The number of aryl methyl sites for hydroxylation is 2. The number of aromatic nitrogens is 4. The number of nitrogens with one attached hydrogen (secondary N) is 2. The van der Waals surface area contributed by atoms with Gasteiger partial charge in [0.25, 0.3) is 5.91 Å². The van der Waals surface area contributed by atoms with Crippen LogP contribution in [-0.2, 0) is 13.5 Å². The highest BCUT2D eigenvalue weighted by molar-refractivity contribution is 6.06. The molecule has 156 valence electrons. The van der Waals surface area contributed by atoms with Crippen LogP contribution in [0.15, 0.2) is 30.5 Å². The topological polar surface area (TPSA) is 84.8 Å². The summed E-state index contributed by atoms with van der Waals surface area (Å²) in [5, 5.41) is 9.47. The van der Waals surface area contributed by atoms with Crippen LogP contribution < -0.4 is 10.1 Å². The molecule has 0 bridgehead atoms. The molecule has 0 saturated heterocycles. The van der Waals surface area contributed by atoms with Gasteiger partial charge in [0.1, 0.15) is 5.75 Å². The van der Waals surface area contributed by atoms with E-state index in [1.54, 1.807) is 11.8 Å². The van der Waals surface area contributed by atoms with Crippen molar-refractivity contribution in [2.45, 2.75) is 33.1 Å². The maximum Gasteiger partial charge on any atom is 0.252 e. The SMILES string of the molecule is COc1ccc2[nH]cc(CCNC(=O)c3cc(C(C)C)nc4c3c(C)nn4C)c2c1. The lowest BCUT2D eigenvalue weighted by Crippen LogP contribution is -2.26. The van der Waals surface area contributed by atoms with Crippen molar-refractivity contribution in [3.63, 3.8) is 0 Å². The fourth-order valence-corrected chi connectivity index (χ4v) is 3.84. The molecule has 0 spiro atoms. The normalized spacial score (nSPS) is 11.5. The van der Waals surface area contributed by atoms with Gasteiger partial charge in [0.15, 0.2) is 5.65 Å². The molecule has 1 amide bonds. The van der Waals surface area contributed by atoms with Crippen molar-refractivity contribution in [1.29, 1.82) is 0 Å². The molecule has 0 saturated carbocycles. The smallest absolute Gasteiger partial charge is 0.252 e. The number of hydrogen-bond donors (Lipinski definition) is 2. The van der Waals surface area contributed by atoms with Crippen LogP contribution in [0.3, 0.4) is 0 Å². The van der Waals surface area contributed by atoms with E-state index in [0.717, 1.165) is 51.1 Å². The van der Waals surface area contributed by atoms with Gasteiger partial charge >= 0.3 is 0 Å². The highest BCUT2D eigenvalue weighted by atomic mass is 16.5. The third-order valence-electron chi connectivity index (χ3n) is 5.48. The van der Waals surface area contributed by atoms with Crippen LogP contribution in [-0.4, -0.2) is 39.3 Å². The summed E-state index contributed by atoms with van der Waals surface area (Å²) >= 11 is 0. The molecule has 0 atom stereocenters. The first-order valence-electron chi connectivity index (χ1n) is 10.2. The monoisotopic (exact) mass is 405 g/mol. The number of aromatic amines is 1. The average molecular weight is 406 g/mol. The van der Waals surface area contributed by atoms with Crippen LogP contribution in [0.5, 0.6) is 5.75 Å². The lowest BCUT2D eigenvalue weighted by atomic mass is 10.0. The zero-order valence-corrected chi connectivity index (χ0v) is 18.0. The maximum atomic E-state index is 13.1. The molecule has 7 heteroatoms. The number of nitrogens with zero attached hydrogens (tertiary/aromatic N) is 3. The Balaban J connectivity index is 1.57. The molecule has 0 radical (unpaired) electrons. The Kier molecular flexibility index (Phi) is 5.20. The first kappa shape index (κ1) is 19.9. The molecular formula is C23H27N5O2. The van der Waals surface area contributed by atoms with Gasteiger partial charge in [-0.25, -0.2) is 4.98 Å². The Morgan fingerprint density at radius 3 is 2.83 bits per heavy atom. The van der Waals surface area contributed by atoms with E-state index < -0.39 is 0 Å². The number of methoxy groups -OCH3 is 1. The second-order valence-corrected chi connectivity index (χ2v) is 7.89. The highest BCUT2D eigenvalue weighted by Crippen LogP contribution is 2.26. The zero-order chi connectivity index (χ0) is 21.4. The van der Waals surface area contributed by atoms with E-state index in [2.05, 4.69) is 29.2 Å². The molecular weight excluding hydrogens is 378 g/mol. The summed E-state index contributed by atoms with van der Waals surface area (Å²) in [5.41, 5.74) is 5.27. The molecule has 4 rings (SSSR count). The number of pyridine rings is 1. The number of H-pyrrole nitrogens is 1. The minimum atomic E-state index is -0.0992. The van der Waals surface area contributed by atoms with E-state index in [0.29, 0.717) is 12.1 Å². The highest BCUT2D eigenvalue weighted by Gasteiger charge is 2.19. The Labute approximate surface area is 175 Å². The van der Waals surface area contributed by atoms with Crippen molar-refractivity contribution in [2.75, 3.05) is 13.7 Å². The van der Waals surface area contributed by atoms with Crippen molar-refractivity contribution < 1.29 is 9.53 Å². The van der Waals surface area contributed by atoms with E-state index in [4.69, 9.17) is 9.72 Å². The van der Waals surface area contributed by atoms with Gasteiger partial charge < -0.3 is 15.0 Å². The van der Waals surface area contributed by atoms with Gasteiger partial charge in [0.05, 0.1) is 23.8 Å². The minimum Gasteiger partial charge on any atom is -0.497 e. The van der Waals surface area contributed by atoms with Crippen LogP contribution in [0.2, 0.25) is 0 Å². The average Bonchev–Trinajstić information content (AvgIpc) is 3.27. The summed E-state index contributed by atoms with van der Waals surface area (Å²) < 4.78 is 7.08. The molecule has 0 fully saturated rings. The van der Waals surface area contributed by atoms with Crippen LogP contribution in [0.25, 0.3) is 21.9 Å². The first-order chi connectivity index (χ1) is 14.4. The molecule has 3 heterocycles. The van der Waals surface area contributed by atoms with E-state index >= 15 is 0 Å². The Morgan fingerprint density at radius 2 is 2.10 bits per heavy atom. The van der Waals surface area contributed by atoms with Crippen molar-refractivity contribution in [3.05, 3.63) is 53.0 Å². The third kappa shape index (κ3) is 3.51. The number of rotatable bonds is 6. The summed E-state index contributed by atoms with van der Waals surface area (Å²) in [5.74, 6) is 0.940. The summed E-state index contributed by atoms with van der Waals surface area (Å²) in [6.07, 6.45) is 2.71. The molecule has 0 aliphatic carbocycles. The summed E-state index contributed by atoms with van der Waals surface area (Å²) in [7, 11) is 3.52. The number of ether oxygens (including phenoxy) is 1. The molecule has 2 N–H and O–H groups in total. The fraction of sp³-hybridized carbons (Fsp3) is 0.348. The van der Waals surface area contributed by atoms with Crippen LogP contribution in [0, 0.1) is 6.92 Å². The van der Waals surface area contributed by atoms with E-state index in [9.17, 15) is 4.79 Å². The fourth-order valence-electron chi connectivity index (χ4n) is 3.84. The van der Waals surface area contributed by atoms with Gasteiger partial charge in [0, 0.05) is 36.4 Å². The molecule has 30 heavy (non-hydrogen) atoms. The zero-order valence-electron chi connectivity index (χ0n) is 18.0. The van der Waals surface area contributed by atoms with Crippen molar-refractivity contribution in [1.82, 2.24) is 25.1 Å². The Morgan fingerprint density at radius 1 is 1.30 bits per heavy atom. The Bertz CT molecular complexity index is 1240. The number of carbonyl (C=O) groups is 1. The van der Waals surface area contributed by atoms with E-state index in [1.807, 2.05) is 44.4 Å². The van der Waals surface area contributed by atoms with E-state index in [-0.39, 0.29) is 11.8 Å². The number of fused-ring (bicyclic) bond motifs is 2. The van der Waals surface area contributed by atoms with Gasteiger partial charge in [-0.2, -0.15) is 5.10 Å². The Hall–Kier alpha value is -3.35. The third-order valence-corrected chi connectivity index (χ3v) is 5.48. The van der Waals surface area contributed by atoms with Gasteiger partial charge in [0.2, 0.25) is 0 Å². The van der Waals surface area contributed by atoms with Gasteiger partial charge in [-0.1, -0.05) is 13.8 Å². The molecule has 3 aromatic heterocycles. The standard InChI is InChI=1S/C23H27N5O2/c1-13(2)20-11-18(21-14(3)27-28(4)22(21)26-20)23(29)24-9-8-15-12-25-19-7-6-16(30-5)10-17(15)19/h6-7,10-13,25H,8-9H2,1-5H3,(H,24,29). The molecule has 0 unspecified atom stereocenters. The van der Waals surface area contributed by atoms with Crippen LogP contribution in [0.4, 0.5) is 0 Å². The first-order valence-corrected chi connectivity index (χ1v) is 10.2. The van der Waals surface area contributed by atoms with Crippen molar-refractivity contribution in [2.24, 2.45) is 7.05 Å². The van der Waals surface area contributed by atoms with Gasteiger partial charge in [-0.15, -0.1) is 0 Å². The van der Waals surface area contributed by atoms with Crippen LogP contribution in [0.1, 0.15) is 47.1 Å². The number of carbonyl (C=O) groups excluding carboxylic acids is 1. The van der Waals surface area contributed by atoms with Crippen molar-refractivity contribution >= 4 is 27.8 Å². The lowest BCUT2D eigenvalue weighted by molar-refractivity contribution is 0.0955. The minimum absolute atomic E-state index is 0.0992. The van der Waals surface area contributed by atoms with E-state index in [1.165, 1.54) is 0 Å². The molecule has 4 aromatic rings. The molecule has 0 aliphatic rings. The molecule has 7 nitrogen and oxygen atoms in total. The second kappa shape index (κ2) is 7.82. The quantitative estimate of drug-likeness (QED) is 0.510. The van der Waals surface area contributed by atoms with Crippen LogP contribution >= 0.6 is 0 Å². The number of hydrogen-bond acceptors (Lipinski definition) is 4. The largest absolute Gasteiger partial charge is 0.497 e. The van der Waals surface area contributed by atoms with Crippen molar-refractivity contribution in [3.8, 4) is 5.75 Å². The predicted octanol–water partition coefficient (Wildman–Crippen LogP) is 3.86. The number of amides is 1.